The molecule has 0 spiro atoms. The third-order valence-corrected chi connectivity index (χ3v) is 7.38. The van der Waals surface area contributed by atoms with Crippen LogP contribution < -0.4 is 10.5 Å². The summed E-state index contributed by atoms with van der Waals surface area (Å²) in [5.74, 6) is 1.17. The largest absolute Gasteiger partial charge is 0.493 e. The molecule has 1 unspecified atom stereocenters. The first-order valence-electron chi connectivity index (χ1n) is 13.4. The standard InChI is InChI=1S/C29H39Cl2N3O4/c1-3-4-5-6-7-25(38-29(32)35)19-34-16-14-21(15-17-34)20-37-24-12-13-26(27(31)18-24)28(33-36-2)22-8-10-23(30)11-9-22/h8-13,18,21,25H,3-7,14-17,19-20H2,1-2H3,(H2,32,35). The lowest BCUT2D eigenvalue weighted by atomic mass is 9.97. The van der Waals surface area contributed by atoms with Crippen molar-refractivity contribution in [2.75, 3.05) is 33.4 Å². The highest BCUT2D eigenvalue weighted by molar-refractivity contribution is 6.35. The Labute approximate surface area is 236 Å². The number of hydrogen-bond donors (Lipinski definition) is 1. The van der Waals surface area contributed by atoms with Gasteiger partial charge in [-0.3, -0.25) is 4.90 Å². The van der Waals surface area contributed by atoms with Crippen molar-refractivity contribution < 1.29 is 19.1 Å². The van der Waals surface area contributed by atoms with E-state index in [1.807, 2.05) is 30.3 Å². The van der Waals surface area contributed by atoms with Crippen LogP contribution in [0.15, 0.2) is 47.6 Å². The highest BCUT2D eigenvalue weighted by Gasteiger charge is 2.24. The molecule has 38 heavy (non-hydrogen) atoms. The van der Waals surface area contributed by atoms with Crippen molar-refractivity contribution >= 4 is 35.0 Å². The van der Waals surface area contributed by atoms with E-state index < -0.39 is 6.09 Å². The number of unbranched alkanes of at least 4 members (excludes halogenated alkanes) is 3. The van der Waals surface area contributed by atoms with Crippen LogP contribution >= 0.6 is 23.2 Å². The molecule has 208 valence electrons. The van der Waals surface area contributed by atoms with Gasteiger partial charge < -0.3 is 20.0 Å². The van der Waals surface area contributed by atoms with Crippen molar-refractivity contribution in [3.05, 3.63) is 63.6 Å². The molecule has 9 heteroatoms. The number of amides is 1. The van der Waals surface area contributed by atoms with Gasteiger partial charge in [0, 0.05) is 22.7 Å². The van der Waals surface area contributed by atoms with E-state index in [0.717, 1.165) is 68.6 Å². The van der Waals surface area contributed by atoms with E-state index in [1.54, 1.807) is 12.1 Å². The summed E-state index contributed by atoms with van der Waals surface area (Å²) in [4.78, 5) is 18.8. The van der Waals surface area contributed by atoms with Crippen LogP contribution in [-0.2, 0) is 9.57 Å². The molecule has 2 aromatic carbocycles. The SMILES string of the molecule is CCCCCCC(CN1CCC(COc2ccc(C(=NOC)c3ccc(Cl)cc3)c(Cl)c2)CC1)OC(N)=O. The molecule has 7 nitrogen and oxygen atoms in total. The average Bonchev–Trinajstić information content (AvgIpc) is 2.90. The third kappa shape index (κ3) is 9.68. The maximum Gasteiger partial charge on any atom is 0.404 e. The number of piperidine rings is 1. The number of likely N-dealkylation sites (tertiary alicyclic amines) is 1. The fourth-order valence-corrected chi connectivity index (χ4v) is 5.11. The molecule has 1 aliphatic heterocycles. The second-order valence-corrected chi connectivity index (χ2v) is 10.6. The molecule has 2 aromatic rings. The second-order valence-electron chi connectivity index (χ2n) is 9.73. The molecule has 0 radical (unpaired) electrons. The normalized spacial score (nSPS) is 15.7. The number of halogens is 2. The molecule has 1 atom stereocenters. The molecule has 2 N–H and O–H groups in total. The predicted molar refractivity (Wildman–Crippen MR) is 153 cm³/mol. The zero-order valence-corrected chi connectivity index (χ0v) is 23.8. The molecule has 1 saturated heterocycles. The number of carbonyl (C=O) groups is 1. The maximum atomic E-state index is 11.3. The number of hydrogen-bond acceptors (Lipinski definition) is 6. The minimum absolute atomic E-state index is 0.141. The summed E-state index contributed by atoms with van der Waals surface area (Å²) < 4.78 is 11.5. The lowest BCUT2D eigenvalue weighted by molar-refractivity contribution is 0.0537. The Morgan fingerprint density at radius 3 is 2.47 bits per heavy atom. The lowest BCUT2D eigenvalue weighted by Gasteiger charge is -2.33. The summed E-state index contributed by atoms with van der Waals surface area (Å²) in [6.07, 6.45) is 6.66. The zero-order valence-electron chi connectivity index (χ0n) is 22.3. The van der Waals surface area contributed by atoms with Gasteiger partial charge in [0.05, 0.1) is 11.6 Å². The topological polar surface area (TPSA) is 86.4 Å². The van der Waals surface area contributed by atoms with Gasteiger partial charge in [0.1, 0.15) is 24.7 Å². The Balaban J connectivity index is 1.50. The van der Waals surface area contributed by atoms with Crippen LogP contribution in [0.2, 0.25) is 10.0 Å². The van der Waals surface area contributed by atoms with Crippen LogP contribution in [0.3, 0.4) is 0 Å². The summed E-state index contributed by atoms with van der Waals surface area (Å²) in [6, 6.07) is 13.0. The molecule has 1 amide bonds. The van der Waals surface area contributed by atoms with E-state index in [-0.39, 0.29) is 6.10 Å². The average molecular weight is 565 g/mol. The summed E-state index contributed by atoms with van der Waals surface area (Å²) in [5, 5.41) is 5.36. The molecule has 0 aromatic heterocycles. The number of nitrogens with two attached hydrogens (primary N) is 1. The lowest BCUT2D eigenvalue weighted by Crippen LogP contribution is -2.41. The number of primary amides is 1. The van der Waals surface area contributed by atoms with Gasteiger partial charge in [0.25, 0.3) is 0 Å². The third-order valence-electron chi connectivity index (χ3n) is 6.81. The maximum absolute atomic E-state index is 11.3. The van der Waals surface area contributed by atoms with E-state index in [4.69, 9.17) is 43.2 Å². The zero-order chi connectivity index (χ0) is 27.3. The van der Waals surface area contributed by atoms with Crippen LogP contribution in [0.4, 0.5) is 4.79 Å². The Morgan fingerprint density at radius 2 is 1.84 bits per heavy atom. The number of benzene rings is 2. The summed E-state index contributed by atoms with van der Waals surface area (Å²) in [7, 11) is 1.51. The molecule has 1 heterocycles. The van der Waals surface area contributed by atoms with E-state index in [2.05, 4.69) is 17.0 Å². The highest BCUT2D eigenvalue weighted by atomic mass is 35.5. The molecule has 0 saturated carbocycles. The first-order chi connectivity index (χ1) is 18.4. The summed E-state index contributed by atoms with van der Waals surface area (Å²) in [5.41, 5.74) is 7.53. The smallest absolute Gasteiger partial charge is 0.404 e. The Hall–Kier alpha value is -2.48. The quantitative estimate of drug-likeness (QED) is 0.153. The fourth-order valence-electron chi connectivity index (χ4n) is 4.72. The van der Waals surface area contributed by atoms with Gasteiger partial charge in [0.15, 0.2) is 0 Å². The van der Waals surface area contributed by atoms with E-state index in [1.165, 1.54) is 20.0 Å². The minimum Gasteiger partial charge on any atom is -0.493 e. The fraction of sp³-hybridized carbons (Fsp3) is 0.517. The van der Waals surface area contributed by atoms with E-state index >= 15 is 0 Å². The van der Waals surface area contributed by atoms with Crippen molar-refractivity contribution in [3.8, 4) is 5.75 Å². The van der Waals surface area contributed by atoms with Crippen molar-refractivity contribution in [2.45, 2.75) is 58.0 Å². The van der Waals surface area contributed by atoms with Crippen LogP contribution in [0, 0.1) is 5.92 Å². The molecule has 1 fully saturated rings. The van der Waals surface area contributed by atoms with E-state index in [0.29, 0.717) is 28.3 Å². The monoisotopic (exact) mass is 563 g/mol. The number of ether oxygens (including phenoxy) is 2. The van der Waals surface area contributed by atoms with Gasteiger partial charge in [-0.05, 0) is 75.0 Å². The molecule has 1 aliphatic rings. The number of nitrogens with zero attached hydrogens (tertiary/aromatic N) is 2. The van der Waals surface area contributed by atoms with Crippen LogP contribution in [0.25, 0.3) is 0 Å². The van der Waals surface area contributed by atoms with Crippen molar-refractivity contribution in [1.29, 1.82) is 0 Å². The predicted octanol–water partition coefficient (Wildman–Crippen LogP) is 6.92. The van der Waals surface area contributed by atoms with Crippen LogP contribution in [0.5, 0.6) is 5.75 Å². The van der Waals surface area contributed by atoms with Crippen molar-refractivity contribution in [1.82, 2.24) is 4.90 Å². The molecule has 3 rings (SSSR count). The van der Waals surface area contributed by atoms with E-state index in [9.17, 15) is 4.79 Å². The van der Waals surface area contributed by atoms with Gasteiger partial charge in [-0.2, -0.15) is 0 Å². The summed E-state index contributed by atoms with van der Waals surface area (Å²) in [6.45, 7) is 5.43. The highest BCUT2D eigenvalue weighted by Crippen LogP contribution is 2.27. The Bertz CT molecular complexity index is 1040. The van der Waals surface area contributed by atoms with Gasteiger partial charge in [-0.15, -0.1) is 0 Å². The second kappa shape index (κ2) is 15.8. The molecule has 0 aliphatic carbocycles. The number of carbonyl (C=O) groups excluding carboxylic acids is 1. The van der Waals surface area contributed by atoms with Crippen molar-refractivity contribution in [3.63, 3.8) is 0 Å². The first kappa shape index (κ1) is 30.1. The number of oxime groups is 1. The van der Waals surface area contributed by atoms with Gasteiger partial charge in [0.2, 0.25) is 0 Å². The van der Waals surface area contributed by atoms with Crippen molar-refractivity contribution in [2.24, 2.45) is 16.8 Å². The van der Waals surface area contributed by atoms with Crippen LogP contribution in [-0.4, -0.2) is 56.2 Å². The summed E-state index contributed by atoms with van der Waals surface area (Å²) >= 11 is 12.7. The van der Waals surface area contributed by atoms with Gasteiger partial charge >= 0.3 is 6.09 Å². The number of rotatable bonds is 14. The first-order valence-corrected chi connectivity index (χ1v) is 14.1. The minimum atomic E-state index is -0.688. The Kier molecular flexibility index (Phi) is 12.5. The molecule has 0 bridgehead atoms. The molecular formula is C29H39Cl2N3O4. The Morgan fingerprint density at radius 1 is 1.11 bits per heavy atom. The van der Waals surface area contributed by atoms with Gasteiger partial charge in [-0.1, -0.05) is 66.7 Å². The van der Waals surface area contributed by atoms with Gasteiger partial charge in [-0.25, -0.2) is 4.79 Å². The van der Waals surface area contributed by atoms with Crippen LogP contribution in [0.1, 0.15) is 63.0 Å². The molecular weight excluding hydrogens is 525 g/mol.